The van der Waals surface area contributed by atoms with Crippen molar-refractivity contribution < 1.29 is 14.3 Å². The molecule has 1 spiro atoms. The van der Waals surface area contributed by atoms with Gasteiger partial charge in [0.2, 0.25) is 0 Å². The van der Waals surface area contributed by atoms with Crippen LogP contribution in [0, 0.1) is 5.41 Å². The van der Waals surface area contributed by atoms with Crippen LogP contribution in [0.4, 0.5) is 5.69 Å². The van der Waals surface area contributed by atoms with Gasteiger partial charge in [0, 0.05) is 36.3 Å². The molecule has 0 saturated carbocycles. The van der Waals surface area contributed by atoms with E-state index in [9.17, 15) is 4.79 Å². The molecule has 5 nitrogen and oxygen atoms in total. The fourth-order valence-corrected chi connectivity index (χ4v) is 4.40. The molecule has 2 aromatic carbocycles. The standard InChI is InChI=1S/C24H30N2O3/c1-19(2)29-22-11-7-6-8-20(22)14-25-13-12-24(16-25)17-26(23(27)15-28-18-24)21-9-4-3-5-10-21/h3-11,19H,12-18H2,1-2H3. The molecule has 0 N–H and O–H groups in total. The fraction of sp³-hybridized carbons (Fsp3) is 0.458. The van der Waals surface area contributed by atoms with Crippen molar-refractivity contribution in [2.24, 2.45) is 5.41 Å². The summed E-state index contributed by atoms with van der Waals surface area (Å²) in [5, 5.41) is 0. The Bertz CT molecular complexity index is 839. The maximum atomic E-state index is 12.6. The van der Waals surface area contributed by atoms with E-state index in [4.69, 9.17) is 9.47 Å². The number of carbonyl (C=O) groups excluding carboxylic acids is 1. The molecule has 1 atom stereocenters. The van der Waals surface area contributed by atoms with Gasteiger partial charge in [-0.1, -0.05) is 36.4 Å². The fourth-order valence-electron chi connectivity index (χ4n) is 4.40. The maximum Gasteiger partial charge on any atom is 0.252 e. The van der Waals surface area contributed by atoms with Gasteiger partial charge in [0.25, 0.3) is 5.91 Å². The molecular formula is C24H30N2O3. The van der Waals surface area contributed by atoms with Crippen LogP contribution in [-0.4, -0.2) is 49.8 Å². The molecule has 2 aliphatic heterocycles. The van der Waals surface area contributed by atoms with Gasteiger partial charge in [-0.3, -0.25) is 9.69 Å². The number of rotatable bonds is 5. The minimum Gasteiger partial charge on any atom is -0.491 e. The highest BCUT2D eigenvalue weighted by Crippen LogP contribution is 2.36. The summed E-state index contributed by atoms with van der Waals surface area (Å²) in [6.07, 6.45) is 1.18. The molecule has 5 heteroatoms. The first-order chi connectivity index (χ1) is 14.0. The second-order valence-electron chi connectivity index (χ2n) is 8.54. The summed E-state index contributed by atoms with van der Waals surface area (Å²) < 4.78 is 11.8. The number of carbonyl (C=O) groups is 1. The van der Waals surface area contributed by atoms with E-state index >= 15 is 0 Å². The first kappa shape index (κ1) is 19.9. The normalized spacial score (nSPS) is 23.0. The Morgan fingerprint density at radius 1 is 1.07 bits per heavy atom. The lowest BCUT2D eigenvalue weighted by atomic mass is 9.87. The van der Waals surface area contributed by atoms with Crippen molar-refractivity contribution in [1.29, 1.82) is 0 Å². The van der Waals surface area contributed by atoms with Crippen molar-refractivity contribution in [2.75, 3.05) is 37.7 Å². The highest BCUT2D eigenvalue weighted by atomic mass is 16.5. The van der Waals surface area contributed by atoms with Crippen LogP contribution >= 0.6 is 0 Å². The van der Waals surface area contributed by atoms with E-state index in [1.807, 2.05) is 47.4 Å². The number of hydrogen-bond donors (Lipinski definition) is 0. The van der Waals surface area contributed by atoms with E-state index in [0.29, 0.717) is 13.2 Å². The molecule has 2 aromatic rings. The third-order valence-electron chi connectivity index (χ3n) is 5.74. The van der Waals surface area contributed by atoms with E-state index in [-0.39, 0.29) is 24.0 Å². The zero-order chi connectivity index (χ0) is 20.3. The maximum absolute atomic E-state index is 12.6. The van der Waals surface area contributed by atoms with Gasteiger partial charge in [-0.25, -0.2) is 0 Å². The van der Waals surface area contributed by atoms with Crippen LogP contribution in [0.3, 0.4) is 0 Å². The second-order valence-corrected chi connectivity index (χ2v) is 8.54. The number of likely N-dealkylation sites (tertiary alicyclic amines) is 1. The summed E-state index contributed by atoms with van der Waals surface area (Å²) in [5.74, 6) is 1.00. The van der Waals surface area contributed by atoms with Crippen molar-refractivity contribution in [3.05, 3.63) is 60.2 Å². The van der Waals surface area contributed by atoms with E-state index < -0.39 is 0 Å². The molecule has 1 amide bonds. The topological polar surface area (TPSA) is 42.0 Å². The molecule has 0 aliphatic carbocycles. The van der Waals surface area contributed by atoms with Crippen LogP contribution in [0.2, 0.25) is 0 Å². The van der Waals surface area contributed by atoms with Crippen LogP contribution in [0.15, 0.2) is 54.6 Å². The predicted octanol–water partition coefficient (Wildman–Crippen LogP) is 3.73. The molecule has 1 unspecified atom stereocenters. The van der Waals surface area contributed by atoms with Crippen molar-refractivity contribution in [1.82, 2.24) is 4.90 Å². The highest BCUT2D eigenvalue weighted by Gasteiger charge is 2.43. The lowest BCUT2D eigenvalue weighted by Crippen LogP contribution is -2.42. The predicted molar refractivity (Wildman–Crippen MR) is 114 cm³/mol. The van der Waals surface area contributed by atoms with Crippen molar-refractivity contribution in [3.8, 4) is 5.75 Å². The van der Waals surface area contributed by atoms with Gasteiger partial charge < -0.3 is 14.4 Å². The smallest absolute Gasteiger partial charge is 0.252 e. The van der Waals surface area contributed by atoms with E-state index in [1.54, 1.807) is 0 Å². The Hall–Kier alpha value is -2.37. The minimum atomic E-state index is -0.0319. The van der Waals surface area contributed by atoms with Gasteiger partial charge in [-0.15, -0.1) is 0 Å². The average Bonchev–Trinajstić information content (AvgIpc) is 3.02. The van der Waals surface area contributed by atoms with Gasteiger partial charge in [0.05, 0.1) is 12.7 Å². The van der Waals surface area contributed by atoms with Gasteiger partial charge in [-0.05, 0) is 45.0 Å². The summed E-state index contributed by atoms with van der Waals surface area (Å²) >= 11 is 0. The highest BCUT2D eigenvalue weighted by molar-refractivity contribution is 5.94. The van der Waals surface area contributed by atoms with Crippen molar-refractivity contribution >= 4 is 11.6 Å². The van der Waals surface area contributed by atoms with Crippen LogP contribution in [-0.2, 0) is 16.1 Å². The van der Waals surface area contributed by atoms with E-state index in [2.05, 4.69) is 30.9 Å². The molecular weight excluding hydrogens is 364 g/mol. The summed E-state index contributed by atoms with van der Waals surface area (Å²) in [4.78, 5) is 17.0. The molecule has 2 fully saturated rings. The summed E-state index contributed by atoms with van der Waals surface area (Å²) in [5.41, 5.74) is 2.14. The van der Waals surface area contributed by atoms with Crippen molar-refractivity contribution in [3.63, 3.8) is 0 Å². The van der Waals surface area contributed by atoms with Gasteiger partial charge in [0.15, 0.2) is 0 Å². The molecule has 0 aromatic heterocycles. The average molecular weight is 395 g/mol. The Morgan fingerprint density at radius 3 is 2.62 bits per heavy atom. The van der Waals surface area contributed by atoms with Gasteiger partial charge in [0.1, 0.15) is 12.4 Å². The molecule has 2 heterocycles. The number of hydrogen-bond acceptors (Lipinski definition) is 4. The largest absolute Gasteiger partial charge is 0.491 e. The molecule has 2 saturated heterocycles. The molecule has 29 heavy (non-hydrogen) atoms. The molecule has 0 radical (unpaired) electrons. The quantitative estimate of drug-likeness (QED) is 0.775. The number of benzene rings is 2. The number of amides is 1. The van der Waals surface area contributed by atoms with Crippen molar-refractivity contribution in [2.45, 2.75) is 32.9 Å². The lowest BCUT2D eigenvalue weighted by Gasteiger charge is -2.32. The molecule has 4 rings (SSSR count). The number of nitrogens with zero attached hydrogens (tertiary/aromatic N) is 2. The number of anilines is 1. The zero-order valence-electron chi connectivity index (χ0n) is 17.3. The van der Waals surface area contributed by atoms with Crippen LogP contribution in [0.5, 0.6) is 5.75 Å². The summed E-state index contributed by atoms with van der Waals surface area (Å²) in [7, 11) is 0. The van der Waals surface area contributed by atoms with Crippen LogP contribution in [0.25, 0.3) is 0 Å². The number of ether oxygens (including phenoxy) is 2. The third-order valence-corrected chi connectivity index (χ3v) is 5.74. The summed E-state index contributed by atoms with van der Waals surface area (Å²) in [6.45, 7) is 8.36. The first-order valence-electron chi connectivity index (χ1n) is 10.4. The minimum absolute atomic E-state index is 0.0319. The Morgan fingerprint density at radius 2 is 1.83 bits per heavy atom. The molecule has 0 bridgehead atoms. The lowest BCUT2D eigenvalue weighted by molar-refractivity contribution is -0.122. The Balaban J connectivity index is 1.49. The molecule has 2 aliphatic rings. The second kappa shape index (κ2) is 8.56. The van der Waals surface area contributed by atoms with Gasteiger partial charge >= 0.3 is 0 Å². The van der Waals surface area contributed by atoms with Crippen LogP contribution in [0.1, 0.15) is 25.8 Å². The monoisotopic (exact) mass is 394 g/mol. The summed E-state index contributed by atoms with van der Waals surface area (Å²) in [6, 6.07) is 18.2. The molecule has 154 valence electrons. The first-order valence-corrected chi connectivity index (χ1v) is 10.4. The zero-order valence-corrected chi connectivity index (χ0v) is 17.3. The Kier molecular flexibility index (Phi) is 5.88. The van der Waals surface area contributed by atoms with E-state index in [0.717, 1.165) is 37.5 Å². The van der Waals surface area contributed by atoms with E-state index in [1.165, 1.54) is 5.56 Å². The van der Waals surface area contributed by atoms with Crippen LogP contribution < -0.4 is 9.64 Å². The third kappa shape index (κ3) is 4.62. The SMILES string of the molecule is CC(C)Oc1ccccc1CN1CCC2(COCC(=O)N(c3ccccc3)C2)C1. The van der Waals surface area contributed by atoms with Gasteiger partial charge in [-0.2, -0.15) is 0 Å². The number of para-hydroxylation sites is 2. The Labute approximate surface area is 173 Å².